The molecular formula is C15H28N4O. The van der Waals surface area contributed by atoms with Crippen LogP contribution in [-0.4, -0.2) is 41.3 Å². The standard InChI is InChI=1S/C15H28N4O/c1-6-8-13-17-14(16-9-7-2)12(4)15(18-13)19(5)11(3)10-20/h11,20H,6-10H2,1-5H3,(H,16,17,18). The van der Waals surface area contributed by atoms with Gasteiger partial charge >= 0.3 is 0 Å². The van der Waals surface area contributed by atoms with Crippen LogP contribution >= 0.6 is 0 Å². The van der Waals surface area contributed by atoms with Crippen LogP contribution in [0.1, 0.15) is 45.0 Å². The summed E-state index contributed by atoms with van der Waals surface area (Å²) in [6, 6.07) is 0.0390. The molecule has 0 amide bonds. The zero-order valence-corrected chi connectivity index (χ0v) is 13.4. The Kier molecular flexibility index (Phi) is 6.71. The van der Waals surface area contributed by atoms with Gasteiger partial charge in [0.05, 0.1) is 12.6 Å². The van der Waals surface area contributed by atoms with Crippen molar-refractivity contribution >= 4 is 11.6 Å². The van der Waals surface area contributed by atoms with E-state index in [2.05, 4.69) is 29.1 Å². The number of hydrogen-bond donors (Lipinski definition) is 2. The Morgan fingerprint density at radius 3 is 2.50 bits per heavy atom. The van der Waals surface area contributed by atoms with Gasteiger partial charge in [-0.1, -0.05) is 13.8 Å². The number of nitrogens with one attached hydrogen (secondary N) is 1. The lowest BCUT2D eigenvalue weighted by atomic mass is 10.2. The van der Waals surface area contributed by atoms with Gasteiger partial charge in [-0.05, 0) is 26.7 Å². The van der Waals surface area contributed by atoms with Gasteiger partial charge in [0, 0.05) is 25.6 Å². The van der Waals surface area contributed by atoms with Crippen LogP contribution in [0, 0.1) is 6.92 Å². The number of aliphatic hydroxyl groups is 1. The lowest BCUT2D eigenvalue weighted by Gasteiger charge is -2.27. The Balaban J connectivity index is 3.16. The Hall–Kier alpha value is -1.36. The fourth-order valence-electron chi connectivity index (χ4n) is 1.98. The highest BCUT2D eigenvalue weighted by atomic mass is 16.3. The van der Waals surface area contributed by atoms with E-state index in [0.717, 1.165) is 48.8 Å². The van der Waals surface area contributed by atoms with Crippen LogP contribution < -0.4 is 10.2 Å². The molecule has 0 aliphatic heterocycles. The molecule has 5 heteroatoms. The maximum Gasteiger partial charge on any atom is 0.137 e. The van der Waals surface area contributed by atoms with Gasteiger partial charge in [0.1, 0.15) is 17.5 Å². The molecule has 20 heavy (non-hydrogen) atoms. The van der Waals surface area contributed by atoms with Crippen molar-refractivity contribution in [2.45, 2.75) is 53.0 Å². The number of rotatable bonds is 8. The monoisotopic (exact) mass is 280 g/mol. The molecule has 0 bridgehead atoms. The van der Waals surface area contributed by atoms with Gasteiger partial charge in [0.2, 0.25) is 0 Å². The topological polar surface area (TPSA) is 61.3 Å². The molecule has 0 aliphatic carbocycles. The minimum absolute atomic E-state index is 0.0390. The molecule has 1 heterocycles. The number of anilines is 2. The molecule has 114 valence electrons. The van der Waals surface area contributed by atoms with Crippen molar-refractivity contribution in [2.75, 3.05) is 30.4 Å². The fourth-order valence-corrected chi connectivity index (χ4v) is 1.98. The van der Waals surface area contributed by atoms with Crippen molar-refractivity contribution < 1.29 is 5.11 Å². The Morgan fingerprint density at radius 2 is 1.95 bits per heavy atom. The number of aromatic nitrogens is 2. The molecule has 0 saturated heterocycles. The van der Waals surface area contributed by atoms with Gasteiger partial charge < -0.3 is 15.3 Å². The molecule has 1 rings (SSSR count). The molecule has 1 atom stereocenters. The lowest BCUT2D eigenvalue weighted by molar-refractivity contribution is 0.269. The van der Waals surface area contributed by atoms with Crippen LogP contribution in [0.5, 0.6) is 0 Å². The first kappa shape index (κ1) is 16.7. The zero-order chi connectivity index (χ0) is 15.1. The first-order valence-electron chi connectivity index (χ1n) is 7.50. The van der Waals surface area contributed by atoms with Gasteiger partial charge in [-0.3, -0.25) is 0 Å². The summed E-state index contributed by atoms with van der Waals surface area (Å²) in [5.41, 5.74) is 1.04. The van der Waals surface area contributed by atoms with E-state index in [1.165, 1.54) is 0 Å². The molecule has 2 N–H and O–H groups in total. The van der Waals surface area contributed by atoms with E-state index in [0.29, 0.717) is 0 Å². The van der Waals surface area contributed by atoms with Crippen LogP contribution in [-0.2, 0) is 6.42 Å². The van der Waals surface area contributed by atoms with Gasteiger partial charge in [0.25, 0.3) is 0 Å². The average Bonchev–Trinajstić information content (AvgIpc) is 2.46. The Labute approximate surface area is 122 Å². The molecular weight excluding hydrogens is 252 g/mol. The molecule has 0 radical (unpaired) electrons. The fraction of sp³-hybridized carbons (Fsp3) is 0.733. The summed E-state index contributed by atoms with van der Waals surface area (Å²) in [6.45, 7) is 9.30. The minimum atomic E-state index is 0.0390. The number of aliphatic hydroxyl groups excluding tert-OH is 1. The third-order valence-corrected chi connectivity index (χ3v) is 3.44. The smallest absolute Gasteiger partial charge is 0.137 e. The van der Waals surface area contributed by atoms with Crippen molar-refractivity contribution in [3.8, 4) is 0 Å². The second-order valence-corrected chi connectivity index (χ2v) is 5.26. The summed E-state index contributed by atoms with van der Waals surface area (Å²) in [5.74, 6) is 2.68. The van der Waals surface area contributed by atoms with Crippen LogP contribution in [0.4, 0.5) is 11.6 Å². The number of likely N-dealkylation sites (N-methyl/N-ethyl adjacent to an activating group) is 1. The Morgan fingerprint density at radius 1 is 1.25 bits per heavy atom. The highest BCUT2D eigenvalue weighted by Crippen LogP contribution is 2.24. The first-order valence-corrected chi connectivity index (χ1v) is 7.50. The summed E-state index contributed by atoms with van der Waals surface area (Å²) in [4.78, 5) is 11.3. The van der Waals surface area contributed by atoms with Crippen molar-refractivity contribution in [1.82, 2.24) is 9.97 Å². The van der Waals surface area contributed by atoms with Crippen LogP contribution in [0.3, 0.4) is 0 Å². The van der Waals surface area contributed by atoms with E-state index in [4.69, 9.17) is 0 Å². The summed E-state index contributed by atoms with van der Waals surface area (Å²) in [6.07, 6.45) is 2.95. The zero-order valence-electron chi connectivity index (χ0n) is 13.4. The molecule has 0 spiro atoms. The summed E-state index contributed by atoms with van der Waals surface area (Å²) in [5, 5.41) is 12.7. The first-order chi connectivity index (χ1) is 9.54. The maximum atomic E-state index is 9.34. The van der Waals surface area contributed by atoms with Crippen molar-refractivity contribution in [3.05, 3.63) is 11.4 Å². The maximum absolute atomic E-state index is 9.34. The molecule has 0 aromatic carbocycles. The van der Waals surface area contributed by atoms with E-state index in [9.17, 15) is 5.11 Å². The molecule has 0 fully saturated rings. The van der Waals surface area contributed by atoms with Crippen LogP contribution in [0.25, 0.3) is 0 Å². The summed E-state index contributed by atoms with van der Waals surface area (Å²) in [7, 11) is 1.97. The van der Waals surface area contributed by atoms with Gasteiger partial charge in [0.15, 0.2) is 0 Å². The summed E-state index contributed by atoms with van der Waals surface area (Å²) < 4.78 is 0. The Bertz CT molecular complexity index is 423. The van der Waals surface area contributed by atoms with E-state index in [-0.39, 0.29) is 12.6 Å². The van der Waals surface area contributed by atoms with Crippen LogP contribution in [0.2, 0.25) is 0 Å². The second kappa shape index (κ2) is 8.04. The molecule has 1 aromatic heterocycles. The number of aryl methyl sites for hydroxylation is 1. The van der Waals surface area contributed by atoms with E-state index in [1.54, 1.807) is 0 Å². The lowest BCUT2D eigenvalue weighted by Crippen LogP contribution is -2.33. The third kappa shape index (κ3) is 4.07. The SMILES string of the molecule is CCCNc1nc(CCC)nc(N(C)C(C)CO)c1C. The van der Waals surface area contributed by atoms with E-state index >= 15 is 0 Å². The van der Waals surface area contributed by atoms with Gasteiger partial charge in [-0.25, -0.2) is 9.97 Å². The predicted octanol–water partition coefficient (Wildman–Crippen LogP) is 2.38. The third-order valence-electron chi connectivity index (χ3n) is 3.44. The van der Waals surface area contributed by atoms with Gasteiger partial charge in [-0.2, -0.15) is 0 Å². The quantitative estimate of drug-likeness (QED) is 0.765. The summed E-state index contributed by atoms with van der Waals surface area (Å²) >= 11 is 0. The van der Waals surface area contributed by atoms with Crippen LogP contribution in [0.15, 0.2) is 0 Å². The number of nitrogens with zero attached hydrogens (tertiary/aromatic N) is 3. The predicted molar refractivity (Wildman–Crippen MR) is 84.5 cm³/mol. The highest BCUT2D eigenvalue weighted by Gasteiger charge is 2.17. The molecule has 0 aliphatic rings. The largest absolute Gasteiger partial charge is 0.394 e. The van der Waals surface area contributed by atoms with E-state index in [1.807, 2.05) is 25.8 Å². The molecule has 5 nitrogen and oxygen atoms in total. The van der Waals surface area contributed by atoms with Gasteiger partial charge in [-0.15, -0.1) is 0 Å². The van der Waals surface area contributed by atoms with Crippen molar-refractivity contribution in [1.29, 1.82) is 0 Å². The van der Waals surface area contributed by atoms with Crippen molar-refractivity contribution in [2.24, 2.45) is 0 Å². The molecule has 1 unspecified atom stereocenters. The number of hydrogen-bond acceptors (Lipinski definition) is 5. The van der Waals surface area contributed by atoms with Crippen molar-refractivity contribution in [3.63, 3.8) is 0 Å². The van der Waals surface area contributed by atoms with E-state index < -0.39 is 0 Å². The second-order valence-electron chi connectivity index (χ2n) is 5.26. The molecule has 0 saturated carbocycles. The average molecular weight is 280 g/mol. The highest BCUT2D eigenvalue weighted by molar-refractivity contribution is 5.58. The minimum Gasteiger partial charge on any atom is -0.394 e. The normalized spacial score (nSPS) is 12.3. The molecule has 1 aromatic rings.